The summed E-state index contributed by atoms with van der Waals surface area (Å²) >= 11 is 0. The molecule has 3 heteroatoms. The Balaban J connectivity index is 2.99. The zero-order valence-electron chi connectivity index (χ0n) is 7.90. The van der Waals surface area contributed by atoms with Crippen LogP contribution in [0.3, 0.4) is 0 Å². The lowest BCUT2D eigenvalue weighted by Gasteiger charge is -1.99. The number of sulfone groups is 1. The molecule has 0 fully saturated rings. The van der Waals surface area contributed by atoms with E-state index in [9.17, 15) is 8.42 Å². The molecule has 66 valence electrons. The molecule has 1 aromatic rings. The van der Waals surface area contributed by atoms with Gasteiger partial charge in [0.2, 0.25) is 0 Å². The van der Waals surface area contributed by atoms with Crippen molar-refractivity contribution in [1.82, 2.24) is 0 Å². The Hall–Kier alpha value is -0.830. The Morgan fingerprint density at radius 3 is 2.42 bits per heavy atom. The quantitative estimate of drug-likeness (QED) is 0.717. The standard InChI is InChI=1S/C9H12O2S/c1-2-12(10,11)8-9-6-4-3-5-7-9/h3-7H,2,8H2,1H3/i8D/t8-/m0/s1. The molecule has 1 aromatic carbocycles. The third-order valence-electron chi connectivity index (χ3n) is 1.52. The molecular weight excluding hydrogens is 172 g/mol. The number of hydrogen-bond acceptors (Lipinski definition) is 2. The summed E-state index contributed by atoms with van der Waals surface area (Å²) in [5.41, 5.74) is -0.608. The highest BCUT2D eigenvalue weighted by atomic mass is 32.2. The fraction of sp³-hybridized carbons (Fsp3) is 0.333. The average molecular weight is 185 g/mol. The van der Waals surface area contributed by atoms with Crippen LogP contribution in [0.4, 0.5) is 0 Å². The third-order valence-corrected chi connectivity index (χ3v) is 2.95. The molecule has 0 aromatic heterocycles. The molecule has 0 saturated heterocycles. The fourth-order valence-corrected chi connectivity index (χ4v) is 1.56. The van der Waals surface area contributed by atoms with Gasteiger partial charge in [-0.3, -0.25) is 0 Å². The summed E-state index contributed by atoms with van der Waals surface area (Å²) in [5.74, 6) is 0.00998. The number of hydrogen-bond donors (Lipinski definition) is 0. The normalized spacial score (nSPS) is 15.2. The highest BCUT2D eigenvalue weighted by Crippen LogP contribution is 2.05. The van der Waals surface area contributed by atoms with E-state index < -0.39 is 15.6 Å². The van der Waals surface area contributed by atoms with E-state index in [0.29, 0.717) is 5.56 Å². The summed E-state index contributed by atoms with van der Waals surface area (Å²) in [6.45, 7) is 1.56. The van der Waals surface area contributed by atoms with Crippen LogP contribution >= 0.6 is 0 Å². The molecule has 1 atom stereocenters. The van der Waals surface area contributed by atoms with E-state index in [1.807, 2.05) is 0 Å². The van der Waals surface area contributed by atoms with Crippen LogP contribution in [0, 0.1) is 0 Å². The van der Waals surface area contributed by atoms with Gasteiger partial charge in [0.15, 0.2) is 9.84 Å². The van der Waals surface area contributed by atoms with Crippen LogP contribution in [-0.2, 0) is 15.6 Å². The zero-order chi connectivity index (χ0) is 9.90. The summed E-state index contributed by atoms with van der Waals surface area (Å²) in [4.78, 5) is 0. The topological polar surface area (TPSA) is 34.1 Å². The molecule has 0 bridgehead atoms. The maximum atomic E-state index is 11.3. The van der Waals surface area contributed by atoms with Crippen molar-refractivity contribution in [3.8, 4) is 0 Å². The van der Waals surface area contributed by atoms with Gasteiger partial charge in [-0.15, -0.1) is 0 Å². The van der Waals surface area contributed by atoms with E-state index in [4.69, 9.17) is 1.37 Å². The van der Waals surface area contributed by atoms with E-state index in [2.05, 4.69) is 0 Å². The second-order valence-electron chi connectivity index (χ2n) is 2.48. The molecule has 1 rings (SSSR count). The molecular formula is C9H12O2S. The molecule has 0 aliphatic carbocycles. The minimum atomic E-state index is -3.28. The molecule has 0 saturated carbocycles. The molecule has 0 unspecified atom stereocenters. The second-order valence-corrected chi connectivity index (χ2v) is 4.62. The van der Waals surface area contributed by atoms with Gasteiger partial charge in [0.25, 0.3) is 0 Å². The molecule has 0 amide bonds. The average Bonchev–Trinajstić information content (AvgIpc) is 2.18. The van der Waals surface area contributed by atoms with Crippen LogP contribution in [-0.4, -0.2) is 14.2 Å². The van der Waals surface area contributed by atoms with Crippen molar-refractivity contribution in [3.05, 3.63) is 35.9 Å². The zero-order valence-corrected chi connectivity index (χ0v) is 7.71. The molecule has 2 nitrogen and oxygen atoms in total. The minimum Gasteiger partial charge on any atom is -0.229 e. The van der Waals surface area contributed by atoms with Crippen LogP contribution in [0.1, 0.15) is 13.9 Å². The van der Waals surface area contributed by atoms with E-state index >= 15 is 0 Å². The summed E-state index contributed by atoms with van der Waals surface area (Å²) < 4.78 is 30.2. The largest absolute Gasteiger partial charge is 0.229 e. The fourth-order valence-electron chi connectivity index (χ4n) is 0.822. The van der Waals surface area contributed by atoms with Crippen LogP contribution in [0.15, 0.2) is 30.3 Å². The Labute approximate surface area is 74.6 Å². The Morgan fingerprint density at radius 2 is 1.92 bits per heavy atom. The molecule has 0 radical (unpaired) electrons. The predicted molar refractivity (Wildman–Crippen MR) is 49.6 cm³/mol. The first-order chi connectivity index (χ1) is 6.08. The van der Waals surface area contributed by atoms with Crippen LogP contribution < -0.4 is 0 Å². The maximum absolute atomic E-state index is 11.3. The van der Waals surface area contributed by atoms with Crippen molar-refractivity contribution >= 4 is 9.84 Å². The summed E-state index contributed by atoms with van der Waals surface area (Å²) in [7, 11) is -3.28. The molecule has 0 N–H and O–H groups in total. The highest BCUT2D eigenvalue weighted by Gasteiger charge is 2.07. The van der Waals surface area contributed by atoms with E-state index in [-0.39, 0.29) is 5.75 Å². The van der Waals surface area contributed by atoms with Crippen LogP contribution in [0.25, 0.3) is 0 Å². The van der Waals surface area contributed by atoms with Crippen molar-refractivity contribution in [2.24, 2.45) is 0 Å². The lowest BCUT2D eigenvalue weighted by atomic mass is 10.2. The predicted octanol–water partition coefficient (Wildman–Crippen LogP) is 1.62. The lowest BCUT2D eigenvalue weighted by molar-refractivity contribution is 0.596. The van der Waals surface area contributed by atoms with Gasteiger partial charge in [0.05, 0.1) is 5.73 Å². The van der Waals surface area contributed by atoms with Crippen molar-refractivity contribution < 1.29 is 9.79 Å². The first-order valence-electron chi connectivity index (χ1n) is 4.34. The van der Waals surface area contributed by atoms with E-state index in [0.717, 1.165) is 0 Å². The molecule has 0 aliphatic rings. The van der Waals surface area contributed by atoms with Crippen molar-refractivity contribution in [1.29, 1.82) is 0 Å². The first-order valence-corrected chi connectivity index (χ1v) is 5.48. The SMILES string of the molecule is [2H][C@@H](c1ccccc1)S(=O)(=O)CC. The van der Waals surface area contributed by atoms with Gasteiger partial charge >= 0.3 is 0 Å². The Kier molecular flexibility index (Phi) is 2.42. The summed E-state index contributed by atoms with van der Waals surface area (Å²) in [5, 5.41) is 0. The Morgan fingerprint density at radius 1 is 1.33 bits per heavy atom. The van der Waals surface area contributed by atoms with Gasteiger partial charge in [-0.1, -0.05) is 37.3 Å². The van der Waals surface area contributed by atoms with Gasteiger partial charge in [-0.05, 0) is 5.56 Å². The maximum Gasteiger partial charge on any atom is 0.154 e. The van der Waals surface area contributed by atoms with Crippen molar-refractivity contribution in [2.45, 2.75) is 12.7 Å². The summed E-state index contributed by atoms with van der Waals surface area (Å²) in [6.07, 6.45) is 0. The van der Waals surface area contributed by atoms with Gasteiger partial charge < -0.3 is 0 Å². The van der Waals surface area contributed by atoms with E-state index in [1.54, 1.807) is 37.3 Å². The van der Waals surface area contributed by atoms with Gasteiger partial charge in [0.1, 0.15) is 0 Å². The molecule has 0 spiro atoms. The molecule has 0 aliphatic heterocycles. The van der Waals surface area contributed by atoms with Crippen LogP contribution in [0.5, 0.6) is 0 Å². The summed E-state index contributed by atoms with van der Waals surface area (Å²) in [6, 6.07) is 8.59. The monoisotopic (exact) mass is 185 g/mol. The molecule has 12 heavy (non-hydrogen) atoms. The Bertz CT molecular complexity index is 358. The lowest BCUT2D eigenvalue weighted by Crippen LogP contribution is -2.06. The third kappa shape index (κ3) is 2.66. The van der Waals surface area contributed by atoms with Gasteiger partial charge in [-0.25, -0.2) is 8.42 Å². The van der Waals surface area contributed by atoms with Gasteiger partial charge in [0, 0.05) is 7.12 Å². The first kappa shape index (κ1) is 7.80. The van der Waals surface area contributed by atoms with Crippen molar-refractivity contribution in [3.63, 3.8) is 0 Å². The second kappa shape index (κ2) is 3.72. The number of rotatable bonds is 3. The smallest absolute Gasteiger partial charge is 0.154 e. The van der Waals surface area contributed by atoms with Crippen LogP contribution in [0.2, 0.25) is 0 Å². The molecule has 0 heterocycles. The van der Waals surface area contributed by atoms with E-state index in [1.165, 1.54) is 0 Å². The van der Waals surface area contributed by atoms with Gasteiger partial charge in [-0.2, -0.15) is 0 Å². The number of benzene rings is 1. The highest BCUT2D eigenvalue weighted by molar-refractivity contribution is 7.90. The van der Waals surface area contributed by atoms with Crippen molar-refractivity contribution in [2.75, 3.05) is 5.75 Å². The minimum absolute atomic E-state index is 0.00998.